The van der Waals surface area contributed by atoms with E-state index in [1.807, 2.05) is 30.9 Å². The van der Waals surface area contributed by atoms with Gasteiger partial charge in [-0.15, -0.1) is 0 Å². The zero-order valence-electron chi connectivity index (χ0n) is 16.2. The molecule has 1 saturated heterocycles. The van der Waals surface area contributed by atoms with Crippen LogP contribution in [0.15, 0.2) is 41.3 Å². The minimum absolute atomic E-state index is 0.0460. The maximum absolute atomic E-state index is 12.0. The van der Waals surface area contributed by atoms with E-state index in [1.54, 1.807) is 0 Å². The van der Waals surface area contributed by atoms with E-state index in [0.29, 0.717) is 22.8 Å². The Morgan fingerprint density at radius 2 is 2.00 bits per heavy atom. The van der Waals surface area contributed by atoms with E-state index in [4.69, 9.17) is 9.15 Å². The van der Waals surface area contributed by atoms with Crippen LogP contribution in [-0.4, -0.2) is 35.0 Å². The van der Waals surface area contributed by atoms with Gasteiger partial charge in [0.25, 0.3) is 0 Å². The van der Waals surface area contributed by atoms with Gasteiger partial charge in [-0.3, -0.25) is 10.1 Å². The molecule has 1 spiro atoms. The molecule has 1 N–H and O–H groups in total. The molecule has 4 rings (SSSR count). The third-order valence-electron chi connectivity index (χ3n) is 5.67. The van der Waals surface area contributed by atoms with Crippen LogP contribution in [0.4, 0.5) is 10.5 Å². The van der Waals surface area contributed by atoms with Gasteiger partial charge in [0.1, 0.15) is 0 Å². The summed E-state index contributed by atoms with van der Waals surface area (Å²) in [5.41, 5.74) is 2.30. The molecule has 1 saturated carbocycles. The summed E-state index contributed by atoms with van der Waals surface area (Å²) in [6, 6.07) is 7.90. The summed E-state index contributed by atoms with van der Waals surface area (Å²) in [4.78, 5) is 29.6. The van der Waals surface area contributed by atoms with E-state index in [-0.39, 0.29) is 18.4 Å². The molecule has 1 aromatic carbocycles. The van der Waals surface area contributed by atoms with Crippen LogP contribution in [-0.2, 0) is 16.1 Å². The maximum atomic E-state index is 12.0. The van der Waals surface area contributed by atoms with Gasteiger partial charge >= 0.3 is 6.09 Å². The number of nitrogens with zero attached hydrogens (tertiary/aromatic N) is 2. The molecule has 2 fully saturated rings. The van der Waals surface area contributed by atoms with Crippen molar-refractivity contribution in [2.45, 2.75) is 39.2 Å². The van der Waals surface area contributed by atoms with Crippen LogP contribution in [0.2, 0.25) is 0 Å². The number of likely N-dealkylation sites (tertiary alicyclic amines) is 1. The first-order valence-electron chi connectivity index (χ1n) is 9.64. The van der Waals surface area contributed by atoms with Gasteiger partial charge in [-0.05, 0) is 36.5 Å². The van der Waals surface area contributed by atoms with E-state index >= 15 is 0 Å². The van der Waals surface area contributed by atoms with E-state index < -0.39 is 6.09 Å². The number of hydrogen-bond acceptors (Lipinski definition) is 5. The molecule has 1 aliphatic heterocycles. The number of hydrogen-bond donors (Lipinski definition) is 1. The van der Waals surface area contributed by atoms with Crippen LogP contribution in [0, 0.1) is 11.3 Å². The highest BCUT2D eigenvalue weighted by Crippen LogP contribution is 2.56. The third-order valence-corrected chi connectivity index (χ3v) is 5.67. The predicted molar refractivity (Wildman–Crippen MR) is 103 cm³/mol. The van der Waals surface area contributed by atoms with Crippen molar-refractivity contribution in [3.63, 3.8) is 0 Å². The summed E-state index contributed by atoms with van der Waals surface area (Å²) in [6.45, 7) is 5.76. The number of anilines is 1. The van der Waals surface area contributed by atoms with Crippen LogP contribution >= 0.6 is 0 Å². The Labute approximate surface area is 164 Å². The summed E-state index contributed by atoms with van der Waals surface area (Å²) in [5, 5.41) is 2.71. The van der Waals surface area contributed by atoms with Crippen LogP contribution in [0.25, 0.3) is 0 Å². The molecule has 148 valence electrons. The lowest BCUT2D eigenvalue weighted by molar-refractivity contribution is -0.154. The summed E-state index contributed by atoms with van der Waals surface area (Å²) in [6.07, 6.45) is 4.52. The standard InChI is InChI=1S/C21H25N3O4/c1-14(2)19(25)24-11-21(12-24)7-16(8-21)15-3-5-17(6-4-15)23-20(26)27-10-18-9-22-13-28-18/h3-6,9,13-14,16H,7-8,10-12H2,1-2H3,(H,23,26). The minimum atomic E-state index is -0.531. The van der Waals surface area contributed by atoms with Crippen LogP contribution in [0.5, 0.6) is 0 Å². The number of rotatable bonds is 5. The second-order valence-electron chi connectivity index (χ2n) is 8.25. The lowest BCUT2D eigenvalue weighted by Gasteiger charge is -2.59. The fourth-order valence-electron chi connectivity index (χ4n) is 4.21. The molecular weight excluding hydrogens is 358 g/mol. The summed E-state index contributed by atoms with van der Waals surface area (Å²) < 4.78 is 10.1. The number of oxazole rings is 1. The molecule has 7 heteroatoms. The third kappa shape index (κ3) is 3.74. The molecule has 2 aromatic rings. The average Bonchev–Trinajstić information content (AvgIpc) is 3.12. The summed E-state index contributed by atoms with van der Waals surface area (Å²) in [5.74, 6) is 1.37. The molecule has 0 bridgehead atoms. The second kappa shape index (κ2) is 7.30. The van der Waals surface area contributed by atoms with Gasteiger partial charge in [0, 0.05) is 30.1 Å². The molecule has 28 heavy (non-hydrogen) atoms. The summed E-state index contributed by atoms with van der Waals surface area (Å²) in [7, 11) is 0. The zero-order valence-corrected chi connectivity index (χ0v) is 16.2. The number of aromatic nitrogens is 1. The number of ether oxygens (including phenoxy) is 1. The fourth-order valence-corrected chi connectivity index (χ4v) is 4.21. The van der Waals surface area contributed by atoms with Crippen LogP contribution in [0.3, 0.4) is 0 Å². The first-order valence-corrected chi connectivity index (χ1v) is 9.64. The zero-order chi connectivity index (χ0) is 19.7. The Hall–Kier alpha value is -2.83. The largest absolute Gasteiger partial charge is 0.445 e. The Bertz CT molecular complexity index is 831. The van der Waals surface area contributed by atoms with Crippen molar-refractivity contribution in [2.75, 3.05) is 18.4 Å². The van der Waals surface area contributed by atoms with Crippen LogP contribution in [0.1, 0.15) is 43.9 Å². The lowest BCUT2D eigenvalue weighted by atomic mass is 9.56. The topological polar surface area (TPSA) is 84.7 Å². The highest BCUT2D eigenvalue weighted by molar-refractivity contribution is 5.84. The number of carbonyl (C=O) groups excluding carboxylic acids is 2. The van der Waals surface area contributed by atoms with E-state index in [9.17, 15) is 9.59 Å². The second-order valence-corrected chi connectivity index (χ2v) is 8.25. The predicted octanol–water partition coefficient (Wildman–Crippen LogP) is 3.79. The van der Waals surface area contributed by atoms with Gasteiger partial charge < -0.3 is 14.1 Å². The normalized spacial score (nSPS) is 17.9. The Morgan fingerprint density at radius 1 is 1.29 bits per heavy atom. The molecule has 1 aromatic heterocycles. The molecule has 7 nitrogen and oxygen atoms in total. The Balaban J connectivity index is 1.23. The number of amides is 2. The number of nitrogens with one attached hydrogen (secondary N) is 1. The minimum Gasteiger partial charge on any atom is -0.445 e. The first kappa shape index (κ1) is 18.5. The van der Waals surface area contributed by atoms with Crippen molar-refractivity contribution < 1.29 is 18.7 Å². The van der Waals surface area contributed by atoms with Crippen molar-refractivity contribution in [3.05, 3.63) is 48.2 Å². The molecular formula is C21H25N3O4. The maximum Gasteiger partial charge on any atom is 0.412 e. The smallest absolute Gasteiger partial charge is 0.412 e. The van der Waals surface area contributed by atoms with Crippen molar-refractivity contribution in [1.29, 1.82) is 0 Å². The van der Waals surface area contributed by atoms with Crippen molar-refractivity contribution in [3.8, 4) is 0 Å². The van der Waals surface area contributed by atoms with Crippen molar-refractivity contribution in [1.82, 2.24) is 9.88 Å². The van der Waals surface area contributed by atoms with Gasteiger partial charge in [0.15, 0.2) is 18.8 Å². The molecule has 2 amide bonds. The first-order chi connectivity index (χ1) is 13.4. The molecule has 2 heterocycles. The van der Waals surface area contributed by atoms with Gasteiger partial charge in [0.2, 0.25) is 5.91 Å². The molecule has 2 aliphatic rings. The van der Waals surface area contributed by atoms with Crippen molar-refractivity contribution in [2.24, 2.45) is 11.3 Å². The van der Waals surface area contributed by atoms with Gasteiger partial charge in [0.05, 0.1) is 6.20 Å². The van der Waals surface area contributed by atoms with Gasteiger partial charge in [-0.25, -0.2) is 9.78 Å². The molecule has 0 radical (unpaired) electrons. The molecule has 0 unspecified atom stereocenters. The van der Waals surface area contributed by atoms with Crippen LogP contribution < -0.4 is 5.32 Å². The number of benzene rings is 1. The SMILES string of the molecule is CC(C)C(=O)N1CC2(CC(c3ccc(NC(=O)OCc4cnco4)cc3)C2)C1. The average molecular weight is 383 g/mol. The summed E-state index contributed by atoms with van der Waals surface area (Å²) >= 11 is 0. The number of carbonyl (C=O) groups is 2. The Kier molecular flexibility index (Phi) is 4.83. The van der Waals surface area contributed by atoms with E-state index in [2.05, 4.69) is 22.4 Å². The van der Waals surface area contributed by atoms with Crippen molar-refractivity contribution >= 4 is 17.7 Å². The quantitative estimate of drug-likeness (QED) is 0.849. The van der Waals surface area contributed by atoms with Gasteiger partial charge in [-0.1, -0.05) is 26.0 Å². The van der Waals surface area contributed by atoms with E-state index in [0.717, 1.165) is 25.9 Å². The Morgan fingerprint density at radius 3 is 2.61 bits per heavy atom. The molecule has 0 atom stereocenters. The fraction of sp³-hybridized carbons (Fsp3) is 0.476. The van der Waals surface area contributed by atoms with E-state index in [1.165, 1.54) is 18.2 Å². The lowest BCUT2D eigenvalue weighted by Crippen LogP contribution is -2.63. The molecule has 1 aliphatic carbocycles. The highest BCUT2D eigenvalue weighted by atomic mass is 16.6. The monoisotopic (exact) mass is 383 g/mol. The highest BCUT2D eigenvalue weighted by Gasteiger charge is 2.53. The van der Waals surface area contributed by atoms with Gasteiger partial charge in [-0.2, -0.15) is 0 Å².